The highest BCUT2D eigenvalue weighted by Gasteiger charge is 2.48. The quantitative estimate of drug-likeness (QED) is 0.700. The minimum atomic E-state index is -1.16. The van der Waals surface area contributed by atoms with Gasteiger partial charge < -0.3 is 10.1 Å². The van der Waals surface area contributed by atoms with Gasteiger partial charge in [0.1, 0.15) is 17.1 Å². The first-order valence-corrected chi connectivity index (χ1v) is 8.87. The molecule has 0 bridgehead atoms. The van der Waals surface area contributed by atoms with Crippen molar-refractivity contribution in [3.05, 3.63) is 77.6 Å². The summed E-state index contributed by atoms with van der Waals surface area (Å²) in [7, 11) is 1.61. The molecule has 0 spiro atoms. The van der Waals surface area contributed by atoms with Gasteiger partial charge in [0.2, 0.25) is 0 Å². The van der Waals surface area contributed by atoms with Crippen molar-refractivity contribution in [3.63, 3.8) is 0 Å². The van der Waals surface area contributed by atoms with Gasteiger partial charge in [0.15, 0.2) is 0 Å². The van der Waals surface area contributed by atoms with Gasteiger partial charge in [-0.25, -0.2) is 9.18 Å². The predicted molar refractivity (Wildman–Crippen MR) is 103 cm³/mol. The highest BCUT2D eigenvalue weighted by molar-refractivity contribution is 6.07. The number of fused-ring (bicyclic) bond motifs is 1. The molecular formula is C22H19FN2O3. The van der Waals surface area contributed by atoms with Gasteiger partial charge >= 0.3 is 6.03 Å². The van der Waals surface area contributed by atoms with Crippen LogP contribution in [-0.2, 0) is 16.9 Å². The Morgan fingerprint density at radius 2 is 1.68 bits per heavy atom. The van der Waals surface area contributed by atoms with E-state index >= 15 is 0 Å². The fourth-order valence-corrected chi connectivity index (χ4v) is 3.47. The summed E-state index contributed by atoms with van der Waals surface area (Å²) in [5.41, 5.74) is 0.218. The molecule has 1 N–H and O–H groups in total. The van der Waals surface area contributed by atoms with Crippen molar-refractivity contribution in [3.8, 4) is 5.75 Å². The lowest BCUT2D eigenvalue weighted by molar-refractivity contribution is -0.131. The highest BCUT2D eigenvalue weighted by Crippen LogP contribution is 2.32. The maximum Gasteiger partial charge on any atom is 0.325 e. The first kappa shape index (κ1) is 18.0. The molecule has 28 heavy (non-hydrogen) atoms. The summed E-state index contributed by atoms with van der Waals surface area (Å²) in [5.74, 6) is 0.0513. The third kappa shape index (κ3) is 2.97. The number of rotatable bonds is 4. The molecule has 4 rings (SSSR count). The summed E-state index contributed by atoms with van der Waals surface area (Å²) in [6.07, 6.45) is 0. The van der Waals surface area contributed by atoms with E-state index in [1.807, 2.05) is 36.4 Å². The lowest BCUT2D eigenvalue weighted by Crippen LogP contribution is -2.40. The van der Waals surface area contributed by atoms with Gasteiger partial charge in [0.25, 0.3) is 5.91 Å². The molecule has 1 heterocycles. The van der Waals surface area contributed by atoms with E-state index in [-0.39, 0.29) is 18.3 Å². The maximum absolute atomic E-state index is 13.1. The molecule has 3 amide bonds. The number of carbonyl (C=O) groups is 2. The van der Waals surface area contributed by atoms with Crippen LogP contribution in [0, 0.1) is 5.82 Å². The molecule has 0 radical (unpaired) electrons. The molecule has 0 saturated carbocycles. The van der Waals surface area contributed by atoms with E-state index in [2.05, 4.69) is 5.32 Å². The standard InChI is InChI=1S/C22H19FN2O3/c1-22(17-7-5-16-12-19(28-2)10-6-15(16)11-17)20(26)25(21(27)24-22)13-14-3-8-18(23)9-4-14/h3-12H,13H2,1-2H3,(H,24,27)/t22-/m0/s1. The van der Waals surface area contributed by atoms with Crippen molar-refractivity contribution in [2.24, 2.45) is 0 Å². The minimum Gasteiger partial charge on any atom is -0.497 e. The summed E-state index contributed by atoms with van der Waals surface area (Å²) in [4.78, 5) is 26.7. The Kier molecular flexibility index (Phi) is 4.26. The smallest absolute Gasteiger partial charge is 0.325 e. The Morgan fingerprint density at radius 3 is 2.39 bits per heavy atom. The number of ether oxygens (including phenoxy) is 1. The Morgan fingerprint density at radius 1 is 1.00 bits per heavy atom. The summed E-state index contributed by atoms with van der Waals surface area (Å²) >= 11 is 0. The number of halogens is 1. The maximum atomic E-state index is 13.1. The van der Waals surface area contributed by atoms with Gasteiger partial charge in [-0.05, 0) is 59.2 Å². The molecule has 1 fully saturated rings. The lowest BCUT2D eigenvalue weighted by atomic mass is 9.90. The summed E-state index contributed by atoms with van der Waals surface area (Å²) in [6, 6.07) is 16.6. The van der Waals surface area contributed by atoms with Crippen molar-refractivity contribution in [1.29, 1.82) is 0 Å². The zero-order valence-electron chi connectivity index (χ0n) is 15.5. The molecule has 3 aromatic rings. The zero-order chi connectivity index (χ0) is 19.9. The molecule has 142 valence electrons. The number of methoxy groups -OCH3 is 1. The van der Waals surface area contributed by atoms with E-state index in [0.717, 1.165) is 21.4 Å². The first-order chi connectivity index (χ1) is 13.4. The monoisotopic (exact) mass is 378 g/mol. The molecule has 0 aliphatic carbocycles. The van der Waals surface area contributed by atoms with E-state index in [1.54, 1.807) is 26.2 Å². The van der Waals surface area contributed by atoms with E-state index in [9.17, 15) is 14.0 Å². The number of hydrogen-bond donors (Lipinski definition) is 1. The normalized spacial score (nSPS) is 19.2. The molecule has 0 aromatic heterocycles. The fourth-order valence-electron chi connectivity index (χ4n) is 3.47. The van der Waals surface area contributed by atoms with Crippen LogP contribution < -0.4 is 10.1 Å². The van der Waals surface area contributed by atoms with E-state index in [4.69, 9.17) is 4.74 Å². The second-order valence-electron chi connectivity index (χ2n) is 7.00. The van der Waals surface area contributed by atoms with Crippen LogP contribution in [0.5, 0.6) is 5.75 Å². The van der Waals surface area contributed by atoms with Gasteiger partial charge in [0.05, 0.1) is 13.7 Å². The number of hydrogen-bond acceptors (Lipinski definition) is 3. The lowest BCUT2D eigenvalue weighted by Gasteiger charge is -2.23. The minimum absolute atomic E-state index is 0.0886. The van der Waals surface area contributed by atoms with E-state index in [1.165, 1.54) is 12.1 Å². The number of benzene rings is 3. The van der Waals surface area contributed by atoms with E-state index < -0.39 is 11.6 Å². The molecular weight excluding hydrogens is 359 g/mol. The predicted octanol–water partition coefficient (Wildman–Crippen LogP) is 3.95. The molecule has 5 nitrogen and oxygen atoms in total. The van der Waals surface area contributed by atoms with Crippen LogP contribution >= 0.6 is 0 Å². The molecule has 1 atom stereocenters. The Bertz CT molecular complexity index is 1080. The van der Waals surface area contributed by atoms with Crippen LogP contribution in [0.2, 0.25) is 0 Å². The third-order valence-electron chi connectivity index (χ3n) is 5.15. The van der Waals surface area contributed by atoms with Gasteiger partial charge in [-0.15, -0.1) is 0 Å². The number of urea groups is 1. The molecule has 1 saturated heterocycles. The second-order valence-corrected chi connectivity index (χ2v) is 7.00. The van der Waals surface area contributed by atoms with Crippen LogP contribution in [-0.4, -0.2) is 23.9 Å². The topological polar surface area (TPSA) is 58.6 Å². The zero-order valence-corrected chi connectivity index (χ0v) is 15.5. The van der Waals surface area contributed by atoms with Crippen molar-refractivity contribution in [2.45, 2.75) is 19.0 Å². The summed E-state index contributed by atoms with van der Waals surface area (Å²) < 4.78 is 18.3. The Balaban J connectivity index is 1.65. The Hall–Kier alpha value is -3.41. The number of nitrogens with zero attached hydrogens (tertiary/aromatic N) is 1. The molecule has 3 aromatic carbocycles. The van der Waals surface area contributed by atoms with Gasteiger partial charge in [0, 0.05) is 0 Å². The van der Waals surface area contributed by atoms with Crippen LogP contribution in [0.3, 0.4) is 0 Å². The van der Waals surface area contributed by atoms with Crippen LogP contribution in [0.25, 0.3) is 10.8 Å². The van der Waals surface area contributed by atoms with Crippen LogP contribution in [0.1, 0.15) is 18.1 Å². The van der Waals surface area contributed by atoms with Crippen LogP contribution in [0.4, 0.5) is 9.18 Å². The molecule has 6 heteroatoms. The summed E-state index contributed by atoms with van der Waals surface area (Å²) in [6.45, 7) is 1.79. The third-order valence-corrected chi connectivity index (χ3v) is 5.15. The number of amides is 3. The SMILES string of the molecule is COc1ccc2cc([C@]3(C)NC(=O)N(Cc4ccc(F)cc4)C3=O)ccc2c1. The largest absolute Gasteiger partial charge is 0.497 e. The molecule has 0 unspecified atom stereocenters. The average molecular weight is 378 g/mol. The first-order valence-electron chi connectivity index (χ1n) is 8.87. The molecule has 1 aliphatic heterocycles. The van der Waals surface area contributed by atoms with Crippen molar-refractivity contribution in [1.82, 2.24) is 10.2 Å². The van der Waals surface area contributed by atoms with Crippen LogP contribution in [0.15, 0.2) is 60.7 Å². The average Bonchev–Trinajstić information content (AvgIpc) is 2.92. The van der Waals surface area contributed by atoms with Gasteiger partial charge in [-0.2, -0.15) is 0 Å². The van der Waals surface area contributed by atoms with E-state index in [0.29, 0.717) is 11.1 Å². The fraction of sp³-hybridized carbons (Fsp3) is 0.182. The Labute approximate surface area is 161 Å². The highest BCUT2D eigenvalue weighted by atomic mass is 19.1. The number of carbonyl (C=O) groups excluding carboxylic acids is 2. The molecule has 1 aliphatic rings. The van der Waals surface area contributed by atoms with Crippen molar-refractivity contribution in [2.75, 3.05) is 7.11 Å². The van der Waals surface area contributed by atoms with Crippen molar-refractivity contribution < 1.29 is 18.7 Å². The number of nitrogens with one attached hydrogen (secondary N) is 1. The van der Waals surface area contributed by atoms with Crippen molar-refractivity contribution >= 4 is 22.7 Å². The van der Waals surface area contributed by atoms with Gasteiger partial charge in [-0.1, -0.05) is 30.3 Å². The second kappa shape index (κ2) is 6.64. The number of imide groups is 1. The van der Waals surface area contributed by atoms with Gasteiger partial charge in [-0.3, -0.25) is 9.69 Å². The summed E-state index contributed by atoms with van der Waals surface area (Å²) in [5, 5.41) is 4.73.